The maximum Gasteiger partial charge on any atom is 0.226 e. The van der Waals surface area contributed by atoms with Crippen molar-refractivity contribution in [2.45, 2.75) is 77.4 Å². The number of rotatable bonds is 7. The summed E-state index contributed by atoms with van der Waals surface area (Å²) in [7, 11) is 0. The number of aryl methyl sites for hydroxylation is 1. The fraction of sp³-hybridized carbons (Fsp3) is 0.650. The molecule has 1 amide bonds. The van der Waals surface area contributed by atoms with E-state index in [0.29, 0.717) is 6.42 Å². The molecule has 1 fully saturated rings. The average molecular weight is 367 g/mol. The number of anilines is 1. The lowest BCUT2D eigenvalue weighted by atomic mass is 10.0. The molecule has 1 atom stereocenters. The van der Waals surface area contributed by atoms with Gasteiger partial charge in [0.05, 0.1) is 0 Å². The third-order valence-corrected chi connectivity index (χ3v) is 5.05. The van der Waals surface area contributed by atoms with Crippen molar-refractivity contribution < 1.29 is 13.6 Å². The molecule has 0 radical (unpaired) electrons. The van der Waals surface area contributed by atoms with Crippen LogP contribution in [0.5, 0.6) is 0 Å². The second-order valence-corrected chi connectivity index (χ2v) is 8.25. The van der Waals surface area contributed by atoms with Crippen molar-refractivity contribution >= 4 is 22.7 Å². The van der Waals surface area contributed by atoms with E-state index >= 15 is 0 Å². The molecule has 1 heterocycles. The van der Waals surface area contributed by atoms with Gasteiger partial charge in [0.1, 0.15) is 0 Å². The zero-order valence-electron chi connectivity index (χ0n) is 15.8. The summed E-state index contributed by atoms with van der Waals surface area (Å²) in [5.74, 6) is 0.280. The van der Waals surface area contributed by atoms with E-state index in [1.54, 1.807) is 13.8 Å². The van der Waals surface area contributed by atoms with Crippen LogP contribution in [0.2, 0.25) is 0 Å². The molecule has 0 saturated carbocycles. The number of benzene rings is 1. The van der Waals surface area contributed by atoms with Gasteiger partial charge in [0.15, 0.2) is 0 Å². The van der Waals surface area contributed by atoms with Gasteiger partial charge in [-0.3, -0.25) is 9.00 Å². The first kappa shape index (κ1) is 21.8. The Labute approximate surface area is 155 Å². The molecule has 5 heteroatoms. The highest BCUT2D eigenvalue weighted by Gasteiger charge is 2.19. The van der Waals surface area contributed by atoms with Crippen LogP contribution in [0.15, 0.2) is 24.3 Å². The molecule has 0 spiro atoms. The van der Waals surface area contributed by atoms with Crippen LogP contribution in [0.1, 0.15) is 71.3 Å². The maximum absolute atomic E-state index is 11.8. The van der Waals surface area contributed by atoms with Crippen molar-refractivity contribution in [3.05, 3.63) is 29.8 Å². The Balaban J connectivity index is 0.000000450. The molecule has 2 rings (SSSR count). The Morgan fingerprint density at radius 3 is 2.28 bits per heavy atom. The summed E-state index contributed by atoms with van der Waals surface area (Å²) in [6.45, 7) is 6.38. The number of hydrogen-bond acceptors (Lipinski definition) is 3. The van der Waals surface area contributed by atoms with Gasteiger partial charge in [0.2, 0.25) is 5.91 Å². The Kier molecular flexibility index (Phi) is 10.7. The van der Waals surface area contributed by atoms with Gasteiger partial charge in [-0.1, -0.05) is 63.2 Å². The van der Waals surface area contributed by atoms with Crippen molar-refractivity contribution in [3.63, 3.8) is 0 Å². The average Bonchev–Trinajstić information content (AvgIpc) is 2.60. The lowest BCUT2D eigenvalue weighted by Gasteiger charge is -2.26. The van der Waals surface area contributed by atoms with E-state index in [1.165, 1.54) is 31.2 Å². The Morgan fingerprint density at radius 2 is 1.76 bits per heavy atom. The van der Waals surface area contributed by atoms with Crippen LogP contribution >= 0.6 is 0 Å². The highest BCUT2D eigenvalue weighted by atomic mass is 32.2. The largest absolute Gasteiger partial charge is 0.772 e. The molecule has 1 unspecified atom stereocenters. The molecule has 1 saturated heterocycles. The number of piperidine rings is 1. The summed E-state index contributed by atoms with van der Waals surface area (Å²) in [6.07, 6.45) is 9.26. The summed E-state index contributed by atoms with van der Waals surface area (Å²) in [4.78, 5) is 13.8. The van der Waals surface area contributed by atoms with Crippen LogP contribution in [0.3, 0.4) is 0 Å². The van der Waals surface area contributed by atoms with Gasteiger partial charge < -0.3 is 9.45 Å². The molecule has 25 heavy (non-hydrogen) atoms. The second kappa shape index (κ2) is 12.2. The summed E-state index contributed by atoms with van der Waals surface area (Å²) >= 11 is -1.87. The van der Waals surface area contributed by atoms with Gasteiger partial charge in [-0.25, -0.2) is 0 Å². The predicted molar refractivity (Wildman–Crippen MR) is 105 cm³/mol. The Hall–Kier alpha value is -1.20. The summed E-state index contributed by atoms with van der Waals surface area (Å²) in [6, 6.07) is 8.59. The smallest absolute Gasteiger partial charge is 0.226 e. The molecular weight excluding hydrogens is 334 g/mol. The van der Waals surface area contributed by atoms with Gasteiger partial charge in [-0.2, -0.15) is 0 Å². The molecule has 1 aromatic rings. The first-order valence-electron chi connectivity index (χ1n) is 9.43. The minimum absolute atomic E-state index is 0.231. The molecule has 142 valence electrons. The number of nitrogens with zero attached hydrogens (tertiary/aromatic N) is 1. The van der Waals surface area contributed by atoms with Crippen molar-refractivity contribution in [2.24, 2.45) is 0 Å². The van der Waals surface area contributed by atoms with Gasteiger partial charge >= 0.3 is 0 Å². The minimum Gasteiger partial charge on any atom is -0.772 e. The molecule has 0 aromatic heterocycles. The maximum atomic E-state index is 11.8. The lowest BCUT2D eigenvalue weighted by molar-refractivity contribution is -0.119. The third kappa shape index (κ3) is 8.63. The van der Waals surface area contributed by atoms with Crippen LogP contribution in [0, 0.1) is 0 Å². The van der Waals surface area contributed by atoms with Crippen LogP contribution in [-0.2, 0) is 22.3 Å². The van der Waals surface area contributed by atoms with Gasteiger partial charge in [-0.15, -0.1) is 0 Å². The fourth-order valence-electron chi connectivity index (χ4n) is 2.68. The fourth-order valence-corrected chi connectivity index (χ4v) is 2.68. The topological polar surface area (TPSA) is 60.4 Å². The van der Waals surface area contributed by atoms with Gasteiger partial charge in [0, 0.05) is 23.9 Å². The van der Waals surface area contributed by atoms with Crippen molar-refractivity contribution in [2.75, 3.05) is 11.4 Å². The van der Waals surface area contributed by atoms with Gasteiger partial charge in [0.25, 0.3) is 0 Å². The molecule has 0 N–H and O–H groups in total. The third-order valence-electron chi connectivity index (χ3n) is 4.28. The standard InChI is InChI=1S/C17H25NO.C3H8O2S/c1-2-3-4-5-8-15-10-12-16(13-11-15)18-14-7-6-9-17(18)19;1-3(2)6(4)5/h10-13H,2-9,14H2,1H3;3H,1-2H3,(H,4,5)/p-1. The first-order chi connectivity index (χ1) is 12.0. The van der Waals surface area contributed by atoms with E-state index in [0.717, 1.165) is 31.5 Å². The zero-order chi connectivity index (χ0) is 18.7. The van der Waals surface area contributed by atoms with E-state index in [1.807, 2.05) is 4.90 Å². The van der Waals surface area contributed by atoms with E-state index < -0.39 is 11.1 Å². The number of hydrogen-bond donors (Lipinski definition) is 0. The number of unbranched alkanes of at least 4 members (excludes halogenated alkanes) is 3. The molecule has 1 aliphatic heterocycles. The van der Waals surface area contributed by atoms with Crippen LogP contribution in [-0.4, -0.2) is 26.5 Å². The molecule has 0 bridgehead atoms. The molecule has 1 aromatic carbocycles. The van der Waals surface area contributed by atoms with E-state index in [9.17, 15) is 13.6 Å². The van der Waals surface area contributed by atoms with Gasteiger partial charge in [-0.05, 0) is 43.4 Å². The van der Waals surface area contributed by atoms with E-state index in [-0.39, 0.29) is 11.2 Å². The van der Waals surface area contributed by atoms with Crippen LogP contribution in [0.25, 0.3) is 0 Å². The van der Waals surface area contributed by atoms with Crippen molar-refractivity contribution in [1.82, 2.24) is 0 Å². The lowest BCUT2D eigenvalue weighted by Crippen LogP contribution is -2.35. The predicted octanol–water partition coefficient (Wildman–Crippen LogP) is 4.60. The highest BCUT2D eigenvalue weighted by Crippen LogP contribution is 2.21. The van der Waals surface area contributed by atoms with Crippen LogP contribution in [0.4, 0.5) is 5.69 Å². The van der Waals surface area contributed by atoms with Crippen molar-refractivity contribution in [1.29, 1.82) is 0 Å². The summed E-state index contributed by atoms with van der Waals surface area (Å²) in [5, 5.41) is -0.231. The minimum atomic E-state index is -1.87. The van der Waals surface area contributed by atoms with E-state index in [4.69, 9.17) is 0 Å². The van der Waals surface area contributed by atoms with Crippen molar-refractivity contribution in [3.8, 4) is 0 Å². The number of carbonyl (C=O) groups excluding carboxylic acids is 1. The Bertz CT molecular complexity index is 528. The number of carbonyl (C=O) groups is 1. The zero-order valence-corrected chi connectivity index (χ0v) is 16.6. The second-order valence-electron chi connectivity index (χ2n) is 6.79. The molecular formula is C20H32NO3S-. The number of amides is 1. The molecule has 1 aliphatic rings. The van der Waals surface area contributed by atoms with E-state index in [2.05, 4.69) is 31.2 Å². The monoisotopic (exact) mass is 366 g/mol. The Morgan fingerprint density at radius 1 is 1.12 bits per heavy atom. The normalized spacial score (nSPS) is 15.7. The summed E-state index contributed by atoms with van der Waals surface area (Å²) < 4.78 is 19.4. The highest BCUT2D eigenvalue weighted by molar-refractivity contribution is 7.79. The summed E-state index contributed by atoms with van der Waals surface area (Å²) in [5.41, 5.74) is 2.46. The quantitative estimate of drug-likeness (QED) is 0.523. The first-order valence-corrected chi connectivity index (χ1v) is 10.6. The molecule has 0 aliphatic carbocycles. The SMILES string of the molecule is CC(C)S(=O)[O-].CCCCCCc1ccc(N2CCCCC2=O)cc1. The van der Waals surface area contributed by atoms with Crippen LogP contribution < -0.4 is 4.90 Å². The molecule has 4 nitrogen and oxygen atoms in total.